The first-order valence-corrected chi connectivity index (χ1v) is 11.8. The van der Waals surface area contributed by atoms with Crippen molar-refractivity contribution in [2.75, 3.05) is 6.61 Å². The molecule has 0 N–H and O–H groups in total. The van der Waals surface area contributed by atoms with Crippen molar-refractivity contribution in [3.8, 4) is 5.75 Å². The van der Waals surface area contributed by atoms with Gasteiger partial charge in [0.15, 0.2) is 11.6 Å². The molecule has 2 unspecified atom stereocenters. The van der Waals surface area contributed by atoms with Crippen molar-refractivity contribution >= 4 is 17.5 Å². The number of fused-ring (bicyclic) bond motifs is 3. The van der Waals surface area contributed by atoms with Gasteiger partial charge in [-0.2, -0.15) is 0 Å². The van der Waals surface area contributed by atoms with E-state index in [9.17, 15) is 14.4 Å². The lowest BCUT2D eigenvalue weighted by atomic mass is 9.79. The Kier molecular flexibility index (Phi) is 6.87. The maximum atomic E-state index is 12.9. The first kappa shape index (κ1) is 23.7. The molecule has 34 heavy (non-hydrogen) atoms. The Bertz CT molecular complexity index is 1130. The lowest BCUT2D eigenvalue weighted by molar-refractivity contribution is -0.140. The summed E-state index contributed by atoms with van der Waals surface area (Å²) in [5, 5.41) is 0. The molecule has 6 heteroatoms. The van der Waals surface area contributed by atoms with Crippen LogP contribution in [0.15, 0.2) is 54.2 Å². The number of hydrogen-bond donors (Lipinski definition) is 0. The standard InChI is InChI=1S/C28H31NO5/c1-5-33-28(32)23-15-29-24(17(2)3)11-20-12-27(34-16-19-9-7-6-8-10-19)21(18(4)30)13-22(20)25(29)14-26(23)31/h6-10,12-13,15,17,24-25H,5,11,14,16H2,1-4H3. The summed E-state index contributed by atoms with van der Waals surface area (Å²) in [6, 6.07) is 13.5. The van der Waals surface area contributed by atoms with Crippen molar-refractivity contribution in [2.24, 2.45) is 5.92 Å². The van der Waals surface area contributed by atoms with Gasteiger partial charge >= 0.3 is 5.97 Å². The molecule has 178 valence electrons. The molecule has 2 aromatic carbocycles. The number of Topliss-reactive ketones (excluding diaryl/α,β-unsaturated/α-hetero) is 2. The maximum absolute atomic E-state index is 12.9. The van der Waals surface area contributed by atoms with Crippen LogP contribution >= 0.6 is 0 Å². The number of benzene rings is 2. The first-order valence-electron chi connectivity index (χ1n) is 11.8. The van der Waals surface area contributed by atoms with Crippen molar-refractivity contribution in [3.05, 3.63) is 76.5 Å². The van der Waals surface area contributed by atoms with Gasteiger partial charge in [-0.25, -0.2) is 4.79 Å². The van der Waals surface area contributed by atoms with Crippen LogP contribution in [-0.4, -0.2) is 35.1 Å². The van der Waals surface area contributed by atoms with Crippen molar-refractivity contribution in [1.29, 1.82) is 0 Å². The molecule has 0 radical (unpaired) electrons. The lowest BCUT2D eigenvalue weighted by Gasteiger charge is -2.46. The van der Waals surface area contributed by atoms with Gasteiger partial charge in [0.25, 0.3) is 0 Å². The molecular formula is C28H31NO5. The Labute approximate surface area is 200 Å². The van der Waals surface area contributed by atoms with E-state index < -0.39 is 5.97 Å². The van der Waals surface area contributed by atoms with Crippen molar-refractivity contribution in [3.63, 3.8) is 0 Å². The second kappa shape index (κ2) is 9.84. The number of nitrogens with zero attached hydrogens (tertiary/aromatic N) is 1. The van der Waals surface area contributed by atoms with Crippen molar-refractivity contribution in [1.82, 2.24) is 4.90 Å². The van der Waals surface area contributed by atoms with Crippen LogP contribution < -0.4 is 4.74 Å². The molecule has 0 spiro atoms. The average Bonchev–Trinajstić information content (AvgIpc) is 2.81. The zero-order valence-corrected chi connectivity index (χ0v) is 20.2. The van der Waals surface area contributed by atoms with E-state index in [0.29, 0.717) is 17.9 Å². The number of ketones is 2. The van der Waals surface area contributed by atoms with Crippen LogP contribution in [0.25, 0.3) is 0 Å². The smallest absolute Gasteiger partial charge is 0.343 e. The zero-order valence-electron chi connectivity index (χ0n) is 20.2. The Morgan fingerprint density at radius 2 is 1.85 bits per heavy atom. The molecule has 0 amide bonds. The van der Waals surface area contributed by atoms with Gasteiger partial charge in [0.2, 0.25) is 0 Å². The minimum atomic E-state index is -0.576. The zero-order chi connectivity index (χ0) is 24.4. The molecule has 2 aliphatic heterocycles. The van der Waals surface area contributed by atoms with Gasteiger partial charge in [-0.3, -0.25) is 9.59 Å². The molecule has 0 saturated carbocycles. The quantitative estimate of drug-likeness (QED) is 0.335. The number of carbonyl (C=O) groups is 3. The summed E-state index contributed by atoms with van der Waals surface area (Å²) >= 11 is 0. The molecule has 0 bridgehead atoms. The highest BCUT2D eigenvalue weighted by Crippen LogP contribution is 2.43. The van der Waals surface area contributed by atoms with Crippen LogP contribution in [0.3, 0.4) is 0 Å². The van der Waals surface area contributed by atoms with Gasteiger partial charge in [0.05, 0.1) is 18.2 Å². The fourth-order valence-corrected chi connectivity index (χ4v) is 4.84. The van der Waals surface area contributed by atoms with Crippen LogP contribution in [0, 0.1) is 5.92 Å². The monoisotopic (exact) mass is 461 g/mol. The van der Waals surface area contributed by atoms with Gasteiger partial charge in [-0.15, -0.1) is 0 Å². The molecule has 2 aliphatic rings. The number of hydrogen-bond acceptors (Lipinski definition) is 6. The molecule has 2 atom stereocenters. The van der Waals surface area contributed by atoms with Crippen LogP contribution in [0.4, 0.5) is 0 Å². The normalized spacial score (nSPS) is 19.3. The van der Waals surface area contributed by atoms with Gasteiger partial charge < -0.3 is 14.4 Å². The van der Waals surface area contributed by atoms with Gasteiger partial charge in [0, 0.05) is 18.7 Å². The van der Waals surface area contributed by atoms with E-state index in [0.717, 1.165) is 23.1 Å². The third-order valence-corrected chi connectivity index (χ3v) is 6.61. The highest BCUT2D eigenvalue weighted by molar-refractivity contribution is 6.17. The maximum Gasteiger partial charge on any atom is 0.343 e. The van der Waals surface area contributed by atoms with E-state index in [1.807, 2.05) is 42.5 Å². The molecule has 0 saturated heterocycles. The van der Waals surface area contributed by atoms with Crippen molar-refractivity contribution in [2.45, 2.75) is 59.2 Å². The van der Waals surface area contributed by atoms with Gasteiger partial charge in [-0.1, -0.05) is 44.2 Å². The van der Waals surface area contributed by atoms with E-state index in [4.69, 9.17) is 9.47 Å². The molecule has 2 heterocycles. The minimum Gasteiger partial charge on any atom is -0.488 e. The minimum absolute atomic E-state index is 0.0896. The Hall–Kier alpha value is -3.41. The SMILES string of the molecule is CCOC(=O)C1=CN2C(CC1=O)c1cc(C(C)=O)c(OCc3ccccc3)cc1CC2C(C)C. The molecule has 4 rings (SSSR count). The molecule has 2 aromatic rings. The fraction of sp³-hybridized carbons (Fsp3) is 0.393. The molecule has 0 aliphatic carbocycles. The summed E-state index contributed by atoms with van der Waals surface area (Å²) < 4.78 is 11.2. The van der Waals surface area contributed by atoms with Gasteiger partial charge in [-0.05, 0) is 55.0 Å². The highest BCUT2D eigenvalue weighted by atomic mass is 16.5. The lowest BCUT2D eigenvalue weighted by Crippen LogP contribution is -2.47. The van der Waals surface area contributed by atoms with E-state index in [1.54, 1.807) is 13.1 Å². The van der Waals surface area contributed by atoms with Crippen LogP contribution in [0.1, 0.15) is 67.2 Å². The second-order valence-corrected chi connectivity index (χ2v) is 9.25. The van der Waals surface area contributed by atoms with E-state index in [1.165, 1.54) is 6.92 Å². The third kappa shape index (κ3) is 4.63. The Morgan fingerprint density at radius 1 is 1.12 bits per heavy atom. The summed E-state index contributed by atoms with van der Waals surface area (Å²) in [5.41, 5.74) is 3.65. The summed E-state index contributed by atoms with van der Waals surface area (Å²) in [7, 11) is 0. The summed E-state index contributed by atoms with van der Waals surface area (Å²) in [4.78, 5) is 40.0. The number of rotatable bonds is 7. The highest BCUT2D eigenvalue weighted by Gasteiger charge is 2.41. The molecular weight excluding hydrogens is 430 g/mol. The number of esters is 1. The van der Waals surface area contributed by atoms with E-state index in [2.05, 4.69) is 18.7 Å². The molecule has 0 fully saturated rings. The van der Waals surface area contributed by atoms with Crippen molar-refractivity contribution < 1.29 is 23.9 Å². The Morgan fingerprint density at radius 3 is 2.50 bits per heavy atom. The average molecular weight is 462 g/mol. The Balaban J connectivity index is 1.73. The molecule has 6 nitrogen and oxygen atoms in total. The largest absolute Gasteiger partial charge is 0.488 e. The van der Waals surface area contributed by atoms with Crippen LogP contribution in [-0.2, 0) is 27.4 Å². The molecule has 0 aromatic heterocycles. The van der Waals surface area contributed by atoms with Crippen LogP contribution in [0.2, 0.25) is 0 Å². The first-order chi connectivity index (χ1) is 16.3. The summed E-state index contributed by atoms with van der Waals surface area (Å²) in [6.07, 6.45) is 2.57. The summed E-state index contributed by atoms with van der Waals surface area (Å²) in [5.74, 6) is -0.0499. The fourth-order valence-electron chi connectivity index (χ4n) is 4.84. The third-order valence-electron chi connectivity index (χ3n) is 6.61. The van der Waals surface area contributed by atoms with Gasteiger partial charge in [0.1, 0.15) is 17.9 Å². The number of carbonyl (C=O) groups excluding carboxylic acids is 3. The predicted molar refractivity (Wildman–Crippen MR) is 128 cm³/mol. The van der Waals surface area contributed by atoms with Crippen LogP contribution in [0.5, 0.6) is 5.75 Å². The number of ether oxygens (including phenoxy) is 2. The predicted octanol–water partition coefficient (Wildman–Crippen LogP) is 4.81. The van der Waals surface area contributed by atoms with E-state index >= 15 is 0 Å². The summed E-state index contributed by atoms with van der Waals surface area (Å²) in [6.45, 7) is 8.11. The second-order valence-electron chi connectivity index (χ2n) is 9.25. The topological polar surface area (TPSA) is 72.9 Å². The van der Waals surface area contributed by atoms with E-state index in [-0.39, 0.29) is 48.2 Å².